The minimum absolute atomic E-state index is 0.442. The molecule has 0 radical (unpaired) electrons. The third-order valence-electron chi connectivity index (χ3n) is 1.01. The number of nitrogens with one attached hydrogen (secondary N) is 1. The standard InChI is InChI=1S/C4H6Cl3NO/c5-4(6,7)3-8-1-2-9-3/h3,8H,1-2H2. The van der Waals surface area contributed by atoms with Gasteiger partial charge in [-0.25, -0.2) is 0 Å². The van der Waals surface area contributed by atoms with Crippen molar-refractivity contribution in [2.75, 3.05) is 13.2 Å². The second kappa shape index (κ2) is 2.81. The quantitative estimate of drug-likeness (QED) is 0.582. The van der Waals surface area contributed by atoms with Crippen LogP contribution in [0.1, 0.15) is 0 Å². The fourth-order valence-electron chi connectivity index (χ4n) is 0.636. The summed E-state index contributed by atoms with van der Waals surface area (Å²) >= 11 is 16.4. The maximum absolute atomic E-state index is 5.48. The van der Waals surface area contributed by atoms with Crippen LogP contribution >= 0.6 is 34.8 Å². The van der Waals surface area contributed by atoms with Crippen LogP contribution in [0, 0.1) is 0 Å². The largest absolute Gasteiger partial charge is 0.357 e. The predicted molar refractivity (Wildman–Crippen MR) is 38.0 cm³/mol. The molecule has 0 bridgehead atoms. The molecule has 1 unspecified atom stereocenters. The molecule has 0 aromatic heterocycles. The number of halogens is 3. The molecule has 1 heterocycles. The van der Waals surface area contributed by atoms with Gasteiger partial charge in [0.2, 0.25) is 3.79 Å². The van der Waals surface area contributed by atoms with Crippen LogP contribution in [0.3, 0.4) is 0 Å². The Morgan fingerprint density at radius 1 is 1.44 bits per heavy atom. The summed E-state index contributed by atoms with van der Waals surface area (Å²) < 4.78 is 3.67. The van der Waals surface area contributed by atoms with Gasteiger partial charge in [0, 0.05) is 6.54 Å². The molecule has 2 nitrogen and oxygen atoms in total. The van der Waals surface area contributed by atoms with E-state index in [1.807, 2.05) is 0 Å². The maximum Gasteiger partial charge on any atom is 0.229 e. The van der Waals surface area contributed by atoms with E-state index in [1.165, 1.54) is 0 Å². The van der Waals surface area contributed by atoms with Gasteiger partial charge in [0.15, 0.2) is 6.23 Å². The molecule has 1 rings (SSSR count). The lowest BCUT2D eigenvalue weighted by Crippen LogP contribution is -2.35. The molecule has 1 saturated heterocycles. The molecule has 0 aromatic rings. The topological polar surface area (TPSA) is 21.3 Å². The van der Waals surface area contributed by atoms with Crippen LogP contribution in [0.2, 0.25) is 0 Å². The highest BCUT2D eigenvalue weighted by Gasteiger charge is 2.35. The molecule has 0 aromatic carbocycles. The highest BCUT2D eigenvalue weighted by atomic mass is 35.6. The van der Waals surface area contributed by atoms with E-state index in [0.29, 0.717) is 6.61 Å². The number of hydrogen-bond acceptors (Lipinski definition) is 2. The SMILES string of the molecule is ClC(Cl)(Cl)C1NCCO1. The molecule has 1 aliphatic rings. The van der Waals surface area contributed by atoms with Crippen LogP contribution in [-0.4, -0.2) is 23.2 Å². The summed E-state index contributed by atoms with van der Waals surface area (Å²) in [6.07, 6.45) is -0.442. The Hall–Kier alpha value is 0.790. The molecule has 54 valence electrons. The van der Waals surface area contributed by atoms with E-state index in [2.05, 4.69) is 5.32 Å². The number of rotatable bonds is 0. The predicted octanol–water partition coefficient (Wildman–Crippen LogP) is 1.30. The Bertz CT molecular complexity index is 96.5. The lowest BCUT2D eigenvalue weighted by molar-refractivity contribution is 0.104. The smallest absolute Gasteiger partial charge is 0.229 e. The molecule has 1 N–H and O–H groups in total. The molecule has 5 heteroatoms. The fraction of sp³-hybridized carbons (Fsp3) is 1.00. The van der Waals surface area contributed by atoms with Crippen LogP contribution < -0.4 is 5.32 Å². The van der Waals surface area contributed by atoms with Crippen molar-refractivity contribution in [3.8, 4) is 0 Å². The Kier molecular flexibility index (Phi) is 2.46. The van der Waals surface area contributed by atoms with Crippen molar-refractivity contribution >= 4 is 34.8 Å². The zero-order chi connectivity index (χ0) is 6.91. The maximum atomic E-state index is 5.48. The lowest BCUT2D eigenvalue weighted by Gasteiger charge is -2.17. The molecule has 1 atom stereocenters. The fourth-order valence-corrected chi connectivity index (χ4v) is 1.06. The van der Waals surface area contributed by atoms with Gasteiger partial charge in [0.05, 0.1) is 6.61 Å². The summed E-state index contributed by atoms with van der Waals surface area (Å²) in [5.74, 6) is 0. The summed E-state index contributed by atoms with van der Waals surface area (Å²) in [5.41, 5.74) is 0. The van der Waals surface area contributed by atoms with E-state index in [0.717, 1.165) is 6.54 Å². The van der Waals surface area contributed by atoms with Crippen molar-refractivity contribution in [3.05, 3.63) is 0 Å². The second-order valence-corrected chi connectivity index (χ2v) is 4.12. The average molecular weight is 190 g/mol. The molecule has 1 fully saturated rings. The van der Waals surface area contributed by atoms with E-state index in [4.69, 9.17) is 39.5 Å². The minimum atomic E-state index is -1.34. The van der Waals surface area contributed by atoms with Gasteiger partial charge in [0.1, 0.15) is 0 Å². The van der Waals surface area contributed by atoms with Gasteiger partial charge in [-0.15, -0.1) is 0 Å². The first-order valence-electron chi connectivity index (χ1n) is 2.52. The van der Waals surface area contributed by atoms with Crippen molar-refractivity contribution in [1.29, 1.82) is 0 Å². The first-order chi connectivity index (χ1) is 4.11. The normalized spacial score (nSPS) is 29.0. The van der Waals surface area contributed by atoms with E-state index < -0.39 is 10.0 Å². The Balaban J connectivity index is 2.42. The number of ether oxygens (including phenoxy) is 1. The summed E-state index contributed by atoms with van der Waals surface area (Å²) in [6.45, 7) is 1.36. The first-order valence-corrected chi connectivity index (χ1v) is 3.66. The Labute approximate surface area is 68.4 Å². The zero-order valence-corrected chi connectivity index (χ0v) is 6.80. The Morgan fingerprint density at radius 3 is 2.33 bits per heavy atom. The molecule has 1 aliphatic heterocycles. The van der Waals surface area contributed by atoms with Crippen molar-refractivity contribution in [3.63, 3.8) is 0 Å². The average Bonchev–Trinajstić information content (AvgIpc) is 2.08. The summed E-state index contributed by atoms with van der Waals surface area (Å²) in [6, 6.07) is 0. The minimum Gasteiger partial charge on any atom is -0.357 e. The van der Waals surface area contributed by atoms with Crippen LogP contribution in [-0.2, 0) is 4.74 Å². The Morgan fingerprint density at radius 2 is 2.11 bits per heavy atom. The summed E-state index contributed by atoms with van der Waals surface area (Å²) in [7, 11) is 0. The van der Waals surface area contributed by atoms with E-state index >= 15 is 0 Å². The highest BCUT2D eigenvalue weighted by molar-refractivity contribution is 6.68. The highest BCUT2D eigenvalue weighted by Crippen LogP contribution is 2.31. The van der Waals surface area contributed by atoms with Crippen molar-refractivity contribution in [1.82, 2.24) is 5.32 Å². The molecule has 0 saturated carbocycles. The van der Waals surface area contributed by atoms with Gasteiger partial charge >= 0.3 is 0 Å². The zero-order valence-electron chi connectivity index (χ0n) is 4.53. The molecule has 0 spiro atoms. The third-order valence-corrected chi connectivity index (χ3v) is 1.61. The summed E-state index contributed by atoms with van der Waals surface area (Å²) in [4.78, 5) is 0. The molecule has 9 heavy (non-hydrogen) atoms. The second-order valence-electron chi connectivity index (χ2n) is 1.75. The molecule has 0 aliphatic carbocycles. The molecule has 0 amide bonds. The van der Waals surface area contributed by atoms with E-state index in [-0.39, 0.29) is 0 Å². The first kappa shape index (κ1) is 7.89. The van der Waals surface area contributed by atoms with Crippen LogP contribution in [0.15, 0.2) is 0 Å². The van der Waals surface area contributed by atoms with Gasteiger partial charge in [-0.1, -0.05) is 34.8 Å². The molecular formula is C4H6Cl3NO. The van der Waals surface area contributed by atoms with Crippen molar-refractivity contribution in [2.24, 2.45) is 0 Å². The number of alkyl halides is 3. The van der Waals surface area contributed by atoms with Crippen LogP contribution in [0.4, 0.5) is 0 Å². The third kappa shape index (κ3) is 2.13. The van der Waals surface area contributed by atoms with Crippen LogP contribution in [0.5, 0.6) is 0 Å². The summed E-state index contributed by atoms with van der Waals surface area (Å²) in [5, 5.41) is 2.88. The lowest BCUT2D eigenvalue weighted by atomic mass is 10.6. The van der Waals surface area contributed by atoms with Gasteiger partial charge < -0.3 is 4.74 Å². The van der Waals surface area contributed by atoms with Gasteiger partial charge in [-0.3, -0.25) is 5.32 Å². The van der Waals surface area contributed by atoms with Crippen LogP contribution in [0.25, 0.3) is 0 Å². The van der Waals surface area contributed by atoms with Gasteiger partial charge in [-0.05, 0) is 0 Å². The van der Waals surface area contributed by atoms with Crippen molar-refractivity contribution in [2.45, 2.75) is 10.0 Å². The number of hydrogen-bond donors (Lipinski definition) is 1. The van der Waals surface area contributed by atoms with Gasteiger partial charge in [-0.2, -0.15) is 0 Å². The van der Waals surface area contributed by atoms with Gasteiger partial charge in [0.25, 0.3) is 0 Å². The monoisotopic (exact) mass is 189 g/mol. The van der Waals surface area contributed by atoms with E-state index in [1.54, 1.807) is 0 Å². The van der Waals surface area contributed by atoms with E-state index in [9.17, 15) is 0 Å². The molecular weight excluding hydrogens is 184 g/mol. The van der Waals surface area contributed by atoms with Crippen molar-refractivity contribution < 1.29 is 4.74 Å².